The zero-order valence-corrected chi connectivity index (χ0v) is 23.8. The van der Waals surface area contributed by atoms with Crippen molar-refractivity contribution in [3.05, 3.63) is 92.5 Å². The van der Waals surface area contributed by atoms with E-state index in [0.717, 1.165) is 26.7 Å². The number of halogens is 2. The van der Waals surface area contributed by atoms with E-state index in [1.807, 2.05) is 50.2 Å². The molecule has 4 aromatic rings. The quantitative estimate of drug-likeness (QED) is 0.175. The van der Waals surface area contributed by atoms with E-state index in [9.17, 15) is 9.59 Å². The monoisotopic (exact) mass is 638 g/mol. The van der Waals surface area contributed by atoms with E-state index in [0.29, 0.717) is 27.1 Å². The molecule has 0 atom stereocenters. The van der Waals surface area contributed by atoms with Gasteiger partial charge in [-0.1, -0.05) is 40.2 Å². The van der Waals surface area contributed by atoms with Crippen LogP contribution >= 0.6 is 31.9 Å². The number of aromatic nitrogens is 1. The van der Waals surface area contributed by atoms with Gasteiger partial charge in [0, 0.05) is 21.7 Å². The van der Waals surface area contributed by atoms with Crippen molar-refractivity contribution in [1.29, 1.82) is 0 Å². The third-order valence-electron chi connectivity index (χ3n) is 5.52. The van der Waals surface area contributed by atoms with Crippen LogP contribution in [0.2, 0.25) is 0 Å². The number of benzene rings is 3. The van der Waals surface area contributed by atoms with Crippen LogP contribution in [0.1, 0.15) is 16.7 Å². The van der Waals surface area contributed by atoms with Crippen LogP contribution < -0.4 is 20.2 Å². The second-order valence-corrected chi connectivity index (χ2v) is 10.1. The van der Waals surface area contributed by atoms with Crippen molar-refractivity contribution in [2.24, 2.45) is 5.10 Å². The number of pyridine rings is 1. The Bertz CT molecular complexity index is 1520. The molecule has 3 aromatic carbocycles. The smallest absolute Gasteiger partial charge is 0.277 e. The van der Waals surface area contributed by atoms with E-state index < -0.39 is 5.91 Å². The fourth-order valence-corrected chi connectivity index (χ4v) is 4.87. The van der Waals surface area contributed by atoms with Gasteiger partial charge >= 0.3 is 0 Å². The van der Waals surface area contributed by atoms with Gasteiger partial charge in [0.25, 0.3) is 11.8 Å². The highest BCUT2D eigenvalue weighted by Gasteiger charge is 2.13. The molecule has 0 saturated heterocycles. The predicted octanol–water partition coefficient (Wildman–Crippen LogP) is 5.92. The fourth-order valence-electron chi connectivity index (χ4n) is 3.48. The molecule has 0 spiro atoms. The van der Waals surface area contributed by atoms with Crippen LogP contribution in [0.25, 0.3) is 10.9 Å². The first kappa shape index (κ1) is 27.3. The van der Waals surface area contributed by atoms with E-state index in [4.69, 9.17) is 9.47 Å². The molecule has 0 unspecified atom stereocenters. The molecule has 0 radical (unpaired) electrons. The summed E-state index contributed by atoms with van der Waals surface area (Å²) in [5.41, 5.74) is 6.73. The lowest BCUT2D eigenvalue weighted by Gasteiger charge is -2.11. The maximum absolute atomic E-state index is 12.3. The molecule has 0 saturated carbocycles. The van der Waals surface area contributed by atoms with Gasteiger partial charge < -0.3 is 14.8 Å². The number of aryl methyl sites for hydroxylation is 2. The first-order chi connectivity index (χ1) is 18.3. The summed E-state index contributed by atoms with van der Waals surface area (Å²) in [6, 6.07) is 18.3. The number of amides is 2. The number of carbonyl (C=O) groups excluding carboxylic acids is 2. The van der Waals surface area contributed by atoms with Crippen LogP contribution in [-0.2, 0) is 9.59 Å². The summed E-state index contributed by atoms with van der Waals surface area (Å²) >= 11 is 6.96. The molecule has 38 heavy (non-hydrogen) atoms. The van der Waals surface area contributed by atoms with Crippen molar-refractivity contribution in [3.63, 3.8) is 0 Å². The summed E-state index contributed by atoms with van der Waals surface area (Å²) in [7, 11) is 0. The lowest BCUT2D eigenvalue weighted by Crippen LogP contribution is -2.24. The Labute approximate surface area is 236 Å². The van der Waals surface area contributed by atoms with Gasteiger partial charge in [-0.05, 0) is 82.9 Å². The van der Waals surface area contributed by atoms with E-state index >= 15 is 0 Å². The number of rotatable bonds is 9. The van der Waals surface area contributed by atoms with Gasteiger partial charge in [-0.25, -0.2) is 5.43 Å². The number of nitrogens with one attached hydrogen (secondary N) is 2. The van der Waals surface area contributed by atoms with Crippen molar-refractivity contribution in [2.75, 3.05) is 18.5 Å². The van der Waals surface area contributed by atoms with E-state index in [1.54, 1.807) is 30.5 Å². The lowest BCUT2D eigenvalue weighted by atomic mass is 10.1. The Hall–Kier alpha value is -3.76. The Morgan fingerprint density at radius 3 is 2.55 bits per heavy atom. The molecular weight excluding hydrogens is 616 g/mol. The Morgan fingerprint density at radius 2 is 1.74 bits per heavy atom. The molecule has 0 aliphatic carbocycles. The van der Waals surface area contributed by atoms with Gasteiger partial charge in [0.2, 0.25) is 0 Å². The first-order valence-corrected chi connectivity index (χ1v) is 13.2. The first-order valence-electron chi connectivity index (χ1n) is 11.6. The maximum Gasteiger partial charge on any atom is 0.277 e. The van der Waals surface area contributed by atoms with Crippen LogP contribution in [0.5, 0.6) is 11.5 Å². The molecule has 0 aliphatic heterocycles. The second kappa shape index (κ2) is 12.7. The van der Waals surface area contributed by atoms with Gasteiger partial charge in [0.05, 0.1) is 10.7 Å². The van der Waals surface area contributed by atoms with Crippen LogP contribution in [0.15, 0.2) is 80.9 Å². The standard InChI is InChI=1S/C28H24Br2N4O4/c1-17-8-9-20(11-18(17)2)33-25(35)15-37-21-6-3-5-19(12-21)14-32-34-26(36)16-38-28-24(30)13-23(29)22-7-4-10-31-27(22)28/h3-14H,15-16H2,1-2H3,(H,33,35)(H,34,36)/b32-14+. The topological polar surface area (TPSA) is 102 Å². The van der Waals surface area contributed by atoms with E-state index in [2.05, 4.69) is 52.7 Å². The van der Waals surface area contributed by atoms with Crippen LogP contribution in [0, 0.1) is 13.8 Å². The summed E-state index contributed by atoms with van der Waals surface area (Å²) in [6.45, 7) is 3.62. The number of hydrazone groups is 1. The zero-order chi connectivity index (χ0) is 27.1. The molecule has 0 fully saturated rings. The van der Waals surface area contributed by atoms with Gasteiger partial charge in [-0.3, -0.25) is 14.6 Å². The van der Waals surface area contributed by atoms with Crippen molar-refractivity contribution in [2.45, 2.75) is 13.8 Å². The highest BCUT2D eigenvalue weighted by Crippen LogP contribution is 2.37. The molecule has 1 aromatic heterocycles. The average molecular weight is 640 g/mol. The fraction of sp³-hybridized carbons (Fsp3) is 0.143. The van der Waals surface area contributed by atoms with Gasteiger partial charge in [-0.2, -0.15) is 5.10 Å². The number of hydrogen-bond acceptors (Lipinski definition) is 6. The summed E-state index contributed by atoms with van der Waals surface area (Å²) in [6.07, 6.45) is 3.14. The zero-order valence-electron chi connectivity index (χ0n) is 20.6. The third-order valence-corrected chi connectivity index (χ3v) is 6.76. The Morgan fingerprint density at radius 1 is 0.921 bits per heavy atom. The van der Waals surface area contributed by atoms with Crippen molar-refractivity contribution < 1.29 is 19.1 Å². The number of ether oxygens (including phenoxy) is 2. The van der Waals surface area contributed by atoms with Crippen LogP contribution in [0.3, 0.4) is 0 Å². The molecule has 1 heterocycles. The second-order valence-electron chi connectivity index (χ2n) is 8.36. The minimum Gasteiger partial charge on any atom is -0.484 e. The minimum absolute atomic E-state index is 0.142. The maximum atomic E-state index is 12.3. The number of anilines is 1. The molecule has 2 N–H and O–H groups in total. The van der Waals surface area contributed by atoms with Crippen LogP contribution in [-0.4, -0.2) is 36.2 Å². The summed E-state index contributed by atoms with van der Waals surface area (Å²) in [5.74, 6) is 0.267. The molecular formula is C28H24Br2N4O4. The van der Waals surface area contributed by atoms with Crippen LogP contribution in [0.4, 0.5) is 5.69 Å². The molecule has 8 nitrogen and oxygen atoms in total. The largest absolute Gasteiger partial charge is 0.484 e. The van der Waals surface area contributed by atoms with Crippen molar-refractivity contribution in [3.8, 4) is 11.5 Å². The normalized spacial score (nSPS) is 10.9. The molecule has 194 valence electrons. The highest BCUT2D eigenvalue weighted by molar-refractivity contribution is 9.11. The molecule has 0 bridgehead atoms. The summed E-state index contributed by atoms with van der Waals surface area (Å²) < 4.78 is 12.9. The molecule has 2 amide bonds. The van der Waals surface area contributed by atoms with Gasteiger partial charge in [0.15, 0.2) is 19.0 Å². The number of nitrogens with zero attached hydrogens (tertiary/aromatic N) is 2. The highest BCUT2D eigenvalue weighted by atomic mass is 79.9. The summed E-state index contributed by atoms with van der Waals surface area (Å²) in [5, 5.41) is 7.68. The number of fused-ring (bicyclic) bond motifs is 1. The van der Waals surface area contributed by atoms with Gasteiger partial charge in [0.1, 0.15) is 11.3 Å². The van der Waals surface area contributed by atoms with Crippen molar-refractivity contribution in [1.82, 2.24) is 10.4 Å². The Balaban J connectivity index is 1.28. The molecule has 10 heteroatoms. The molecule has 4 rings (SSSR count). The minimum atomic E-state index is -0.435. The van der Waals surface area contributed by atoms with E-state index in [-0.39, 0.29) is 19.1 Å². The number of carbonyl (C=O) groups is 2. The lowest BCUT2D eigenvalue weighted by molar-refractivity contribution is -0.123. The summed E-state index contributed by atoms with van der Waals surface area (Å²) in [4.78, 5) is 28.9. The molecule has 0 aliphatic rings. The number of hydrogen-bond donors (Lipinski definition) is 2. The predicted molar refractivity (Wildman–Crippen MR) is 155 cm³/mol. The van der Waals surface area contributed by atoms with E-state index in [1.165, 1.54) is 6.21 Å². The Kier molecular flexibility index (Phi) is 9.09. The SMILES string of the molecule is Cc1ccc(NC(=O)COc2cccc(/C=N/NC(=O)COc3c(Br)cc(Br)c4cccnc34)c2)cc1C. The average Bonchev–Trinajstić information content (AvgIpc) is 2.90. The van der Waals surface area contributed by atoms with Gasteiger partial charge in [-0.15, -0.1) is 0 Å². The third kappa shape index (κ3) is 7.17. The van der Waals surface area contributed by atoms with Crippen molar-refractivity contribution >= 4 is 66.5 Å².